The van der Waals surface area contributed by atoms with E-state index >= 15 is 0 Å². The van der Waals surface area contributed by atoms with Crippen LogP contribution in [0.1, 0.15) is 0 Å². The van der Waals surface area contributed by atoms with Gasteiger partial charge in [-0.2, -0.15) is 0 Å². The highest BCUT2D eigenvalue weighted by Crippen LogP contribution is 2.29. The predicted octanol–water partition coefficient (Wildman–Crippen LogP) is 3.82. The van der Waals surface area contributed by atoms with Gasteiger partial charge in [0.05, 0.1) is 22.0 Å². The average Bonchev–Trinajstić information content (AvgIpc) is 2.36. The lowest BCUT2D eigenvalue weighted by atomic mass is 10.2. The summed E-state index contributed by atoms with van der Waals surface area (Å²) in [4.78, 5) is 10.0. The van der Waals surface area contributed by atoms with Crippen LogP contribution in [0.3, 0.4) is 0 Å². The van der Waals surface area contributed by atoms with E-state index in [4.69, 9.17) is 5.73 Å². The molecule has 0 fully saturated rings. The van der Waals surface area contributed by atoms with Crippen LogP contribution < -0.4 is 11.1 Å². The number of hydrogen-bond donors (Lipinski definition) is 2. The van der Waals surface area contributed by atoms with E-state index in [1.54, 1.807) is 12.1 Å². The van der Waals surface area contributed by atoms with Crippen molar-refractivity contribution in [3.05, 3.63) is 56.8 Å². The molecule has 0 bridgehead atoms. The third-order valence-corrected chi connectivity index (χ3v) is 2.94. The van der Waals surface area contributed by atoms with Gasteiger partial charge in [-0.05, 0) is 24.3 Å². The molecule has 0 aliphatic carbocycles. The monoisotopic (exact) mass is 325 g/mol. The number of hydrogen-bond acceptors (Lipinski definition) is 4. The minimum atomic E-state index is -0.542. The van der Waals surface area contributed by atoms with Crippen LogP contribution >= 0.6 is 15.9 Å². The van der Waals surface area contributed by atoms with E-state index < -0.39 is 10.7 Å². The molecular weight excluding hydrogens is 317 g/mol. The summed E-state index contributed by atoms with van der Waals surface area (Å²) >= 11 is 3.23. The maximum Gasteiger partial charge on any atom is 0.271 e. The van der Waals surface area contributed by atoms with Crippen molar-refractivity contribution >= 4 is 38.7 Å². The summed E-state index contributed by atoms with van der Waals surface area (Å²) < 4.78 is 14.3. The summed E-state index contributed by atoms with van der Waals surface area (Å²) in [6.45, 7) is 0. The van der Waals surface area contributed by atoms with E-state index in [-0.39, 0.29) is 17.1 Å². The van der Waals surface area contributed by atoms with Crippen molar-refractivity contribution in [1.82, 2.24) is 0 Å². The zero-order valence-corrected chi connectivity index (χ0v) is 11.1. The van der Waals surface area contributed by atoms with Crippen molar-refractivity contribution in [3.63, 3.8) is 0 Å². The number of nitrogen functional groups attached to an aromatic ring is 1. The van der Waals surface area contributed by atoms with Gasteiger partial charge in [-0.25, -0.2) is 4.39 Å². The second-order valence-corrected chi connectivity index (χ2v) is 4.69. The van der Waals surface area contributed by atoms with Gasteiger partial charge in [-0.3, -0.25) is 10.1 Å². The summed E-state index contributed by atoms with van der Waals surface area (Å²) in [7, 11) is 0. The summed E-state index contributed by atoms with van der Waals surface area (Å²) in [5, 5.41) is 13.4. The number of benzene rings is 2. The molecule has 98 valence electrons. The second-order valence-electron chi connectivity index (χ2n) is 3.78. The van der Waals surface area contributed by atoms with Crippen LogP contribution in [0.5, 0.6) is 0 Å². The van der Waals surface area contributed by atoms with E-state index in [0.717, 1.165) is 0 Å². The molecule has 5 nitrogen and oxygen atoms in total. The number of rotatable bonds is 3. The molecule has 0 unspecified atom stereocenters. The van der Waals surface area contributed by atoms with Gasteiger partial charge in [0.25, 0.3) is 5.69 Å². The Hall–Kier alpha value is -2.15. The van der Waals surface area contributed by atoms with E-state index in [2.05, 4.69) is 21.2 Å². The van der Waals surface area contributed by atoms with Crippen molar-refractivity contribution in [2.24, 2.45) is 0 Å². The van der Waals surface area contributed by atoms with Crippen LogP contribution in [0.4, 0.5) is 27.1 Å². The number of nitrogens with zero attached hydrogens (tertiary/aromatic N) is 1. The number of nitro groups is 1. The van der Waals surface area contributed by atoms with Crippen molar-refractivity contribution < 1.29 is 9.31 Å². The molecule has 0 spiro atoms. The lowest BCUT2D eigenvalue weighted by molar-refractivity contribution is -0.384. The molecule has 0 saturated heterocycles. The molecule has 0 heterocycles. The summed E-state index contributed by atoms with van der Waals surface area (Å²) in [6, 6.07) is 8.38. The number of nitrogens with one attached hydrogen (secondary N) is 1. The van der Waals surface area contributed by atoms with Gasteiger partial charge in [0.1, 0.15) is 5.82 Å². The highest BCUT2D eigenvalue weighted by molar-refractivity contribution is 9.10. The van der Waals surface area contributed by atoms with Gasteiger partial charge >= 0.3 is 0 Å². The highest BCUT2D eigenvalue weighted by Gasteiger charge is 2.10. The fourth-order valence-corrected chi connectivity index (χ4v) is 1.88. The highest BCUT2D eigenvalue weighted by atomic mass is 79.9. The van der Waals surface area contributed by atoms with Crippen molar-refractivity contribution in [1.29, 1.82) is 0 Å². The van der Waals surface area contributed by atoms with Gasteiger partial charge in [-0.1, -0.05) is 15.9 Å². The van der Waals surface area contributed by atoms with Crippen LogP contribution in [-0.4, -0.2) is 4.92 Å². The zero-order chi connectivity index (χ0) is 14.0. The van der Waals surface area contributed by atoms with Gasteiger partial charge in [-0.15, -0.1) is 0 Å². The standard InChI is InChI=1S/C12H9BrFN3O2/c13-7-1-3-9(14)12(5-7)16-11-4-2-8(17(18)19)6-10(11)15/h1-6,16H,15H2. The smallest absolute Gasteiger partial charge is 0.271 e. The fraction of sp³-hybridized carbons (Fsp3) is 0. The Morgan fingerprint density at radius 1 is 1.21 bits per heavy atom. The Kier molecular flexibility index (Phi) is 3.66. The lowest BCUT2D eigenvalue weighted by Gasteiger charge is -2.10. The minimum Gasteiger partial charge on any atom is -0.397 e. The van der Waals surface area contributed by atoms with Gasteiger partial charge in [0, 0.05) is 16.6 Å². The normalized spacial score (nSPS) is 10.2. The van der Waals surface area contributed by atoms with Gasteiger partial charge in [0.2, 0.25) is 0 Å². The average molecular weight is 326 g/mol. The molecule has 3 N–H and O–H groups in total. The van der Waals surface area contributed by atoms with Crippen LogP contribution in [0, 0.1) is 15.9 Å². The Balaban J connectivity index is 2.33. The predicted molar refractivity (Wildman–Crippen MR) is 74.9 cm³/mol. The Labute approximate surface area is 116 Å². The van der Waals surface area contributed by atoms with E-state index in [0.29, 0.717) is 10.2 Å². The molecule has 0 radical (unpaired) electrons. The first-order valence-electron chi connectivity index (χ1n) is 5.23. The first-order valence-corrected chi connectivity index (χ1v) is 6.02. The zero-order valence-electron chi connectivity index (χ0n) is 9.56. The molecule has 0 aliphatic rings. The number of nitro benzene ring substituents is 1. The van der Waals surface area contributed by atoms with E-state index in [9.17, 15) is 14.5 Å². The number of nitrogens with two attached hydrogens (primary N) is 1. The molecule has 0 saturated carbocycles. The molecule has 0 aliphatic heterocycles. The summed E-state index contributed by atoms with van der Waals surface area (Å²) in [5.74, 6) is -0.444. The van der Waals surface area contributed by atoms with E-state index in [1.807, 2.05) is 0 Å². The van der Waals surface area contributed by atoms with Crippen LogP contribution in [0.15, 0.2) is 40.9 Å². The van der Waals surface area contributed by atoms with E-state index in [1.165, 1.54) is 24.3 Å². The van der Waals surface area contributed by atoms with Crippen LogP contribution in [-0.2, 0) is 0 Å². The summed E-state index contributed by atoms with van der Waals surface area (Å²) in [5.41, 5.74) is 6.39. The molecule has 19 heavy (non-hydrogen) atoms. The molecule has 0 aromatic heterocycles. The Morgan fingerprint density at radius 2 is 1.95 bits per heavy atom. The molecule has 2 aromatic carbocycles. The first-order chi connectivity index (χ1) is 8.97. The third kappa shape index (κ3) is 3.00. The fourth-order valence-electron chi connectivity index (χ4n) is 1.52. The number of non-ortho nitro benzene ring substituents is 1. The quantitative estimate of drug-likeness (QED) is 0.510. The maximum atomic E-state index is 13.6. The molecule has 2 aromatic rings. The summed E-state index contributed by atoms with van der Waals surface area (Å²) in [6.07, 6.45) is 0. The Bertz CT molecular complexity index is 649. The number of halogens is 2. The van der Waals surface area contributed by atoms with Crippen LogP contribution in [0.2, 0.25) is 0 Å². The van der Waals surface area contributed by atoms with Crippen molar-refractivity contribution in [2.75, 3.05) is 11.1 Å². The molecule has 2 rings (SSSR count). The SMILES string of the molecule is Nc1cc([N+](=O)[O-])ccc1Nc1cc(Br)ccc1F. The lowest BCUT2D eigenvalue weighted by Crippen LogP contribution is -1.99. The second kappa shape index (κ2) is 5.23. The molecule has 7 heteroatoms. The minimum absolute atomic E-state index is 0.113. The third-order valence-electron chi connectivity index (χ3n) is 2.44. The van der Waals surface area contributed by atoms with Gasteiger partial charge < -0.3 is 11.1 Å². The molecule has 0 amide bonds. The van der Waals surface area contributed by atoms with Crippen molar-refractivity contribution in [3.8, 4) is 0 Å². The van der Waals surface area contributed by atoms with Crippen LogP contribution in [0.25, 0.3) is 0 Å². The topological polar surface area (TPSA) is 81.2 Å². The number of anilines is 3. The molecular formula is C12H9BrFN3O2. The largest absolute Gasteiger partial charge is 0.397 e. The first kappa shape index (κ1) is 13.3. The van der Waals surface area contributed by atoms with Gasteiger partial charge in [0.15, 0.2) is 0 Å². The van der Waals surface area contributed by atoms with Crippen molar-refractivity contribution in [2.45, 2.75) is 0 Å². The molecule has 0 atom stereocenters. The Morgan fingerprint density at radius 3 is 2.58 bits per heavy atom. The maximum absolute atomic E-state index is 13.6.